The van der Waals surface area contributed by atoms with Crippen molar-refractivity contribution in [1.82, 2.24) is 9.78 Å². The molecular formula is C23H22N2O7. The van der Waals surface area contributed by atoms with Gasteiger partial charge in [-0.15, -0.1) is 0 Å². The molecule has 1 heterocycles. The maximum atomic E-state index is 12.7. The van der Waals surface area contributed by atoms with E-state index in [0.717, 1.165) is 0 Å². The molecule has 3 rings (SSSR count). The normalized spacial score (nSPS) is 11.4. The minimum atomic E-state index is -0.792. The van der Waals surface area contributed by atoms with Gasteiger partial charge in [0.25, 0.3) is 0 Å². The fraction of sp³-hybridized carbons (Fsp3) is 0.217. The van der Waals surface area contributed by atoms with Gasteiger partial charge in [0.2, 0.25) is 0 Å². The molecular weight excluding hydrogens is 416 g/mol. The van der Waals surface area contributed by atoms with E-state index in [1.54, 1.807) is 55.5 Å². The minimum absolute atomic E-state index is 0.0280. The van der Waals surface area contributed by atoms with Gasteiger partial charge in [-0.05, 0) is 43.3 Å². The molecule has 0 N–H and O–H groups in total. The maximum Gasteiger partial charge on any atom is 0.357 e. The SMILES string of the molecule is COC(=O)c1c(-c2ccc(OC(C)C(=O)OC)cc2)nn(-c2ccccc2)c1C(=O)OC. The highest BCUT2D eigenvalue weighted by Crippen LogP contribution is 2.30. The van der Waals surface area contributed by atoms with Gasteiger partial charge in [0.05, 0.1) is 27.0 Å². The van der Waals surface area contributed by atoms with Crippen molar-refractivity contribution in [3.8, 4) is 22.7 Å². The molecule has 0 radical (unpaired) electrons. The number of ether oxygens (including phenoxy) is 4. The Labute approximate surface area is 184 Å². The number of benzene rings is 2. The predicted octanol–water partition coefficient (Wildman–Crippen LogP) is 3.05. The number of methoxy groups -OCH3 is 3. The molecule has 0 amide bonds. The summed E-state index contributed by atoms with van der Waals surface area (Å²) in [7, 11) is 3.72. The van der Waals surface area contributed by atoms with Crippen LogP contribution in [-0.2, 0) is 19.0 Å². The zero-order valence-electron chi connectivity index (χ0n) is 18.0. The number of esters is 3. The van der Waals surface area contributed by atoms with Gasteiger partial charge in [-0.2, -0.15) is 5.10 Å². The summed E-state index contributed by atoms with van der Waals surface area (Å²) in [6, 6.07) is 15.4. The molecule has 2 aromatic carbocycles. The third kappa shape index (κ3) is 4.46. The van der Waals surface area contributed by atoms with Crippen LogP contribution in [0.15, 0.2) is 54.6 Å². The molecule has 0 spiro atoms. The number of nitrogens with zero attached hydrogens (tertiary/aromatic N) is 2. The Morgan fingerprint density at radius 3 is 2.03 bits per heavy atom. The van der Waals surface area contributed by atoms with Crippen LogP contribution in [0.3, 0.4) is 0 Å². The Hall–Kier alpha value is -4.14. The first-order valence-electron chi connectivity index (χ1n) is 9.61. The summed E-state index contributed by atoms with van der Waals surface area (Å²) in [5.41, 5.74) is 1.24. The van der Waals surface area contributed by atoms with Crippen LogP contribution in [-0.4, -0.2) is 55.1 Å². The Kier molecular flexibility index (Phi) is 6.89. The lowest BCUT2D eigenvalue weighted by molar-refractivity contribution is -0.147. The highest BCUT2D eigenvalue weighted by Gasteiger charge is 2.31. The molecule has 1 atom stereocenters. The summed E-state index contributed by atoms with van der Waals surface area (Å²) >= 11 is 0. The molecule has 0 saturated heterocycles. The van der Waals surface area contributed by atoms with E-state index in [2.05, 4.69) is 9.84 Å². The summed E-state index contributed by atoms with van der Waals surface area (Å²) in [6.07, 6.45) is -0.792. The molecule has 32 heavy (non-hydrogen) atoms. The number of carbonyl (C=O) groups is 3. The van der Waals surface area contributed by atoms with Gasteiger partial charge in [0.1, 0.15) is 17.0 Å². The number of rotatable bonds is 7. The van der Waals surface area contributed by atoms with E-state index in [-0.39, 0.29) is 17.0 Å². The second kappa shape index (κ2) is 9.78. The summed E-state index contributed by atoms with van der Waals surface area (Å²) in [5, 5.41) is 4.52. The Morgan fingerprint density at radius 2 is 1.47 bits per heavy atom. The molecule has 9 nitrogen and oxygen atoms in total. The molecule has 1 aromatic heterocycles. The van der Waals surface area contributed by atoms with E-state index < -0.39 is 24.0 Å². The number of carbonyl (C=O) groups excluding carboxylic acids is 3. The van der Waals surface area contributed by atoms with Crippen molar-refractivity contribution in [2.75, 3.05) is 21.3 Å². The molecule has 0 fully saturated rings. The number of hydrogen-bond acceptors (Lipinski definition) is 8. The third-order valence-corrected chi connectivity index (χ3v) is 4.63. The average molecular weight is 438 g/mol. The Morgan fingerprint density at radius 1 is 0.844 bits per heavy atom. The van der Waals surface area contributed by atoms with Crippen LogP contribution in [0, 0.1) is 0 Å². The summed E-state index contributed by atoms with van der Waals surface area (Å²) in [6.45, 7) is 1.57. The number of aromatic nitrogens is 2. The van der Waals surface area contributed by atoms with Gasteiger partial charge in [0.15, 0.2) is 11.8 Å². The first kappa shape index (κ1) is 22.5. The van der Waals surface area contributed by atoms with E-state index >= 15 is 0 Å². The molecule has 0 aliphatic carbocycles. The van der Waals surface area contributed by atoms with Gasteiger partial charge in [0, 0.05) is 5.56 Å². The predicted molar refractivity (Wildman–Crippen MR) is 114 cm³/mol. The lowest BCUT2D eigenvalue weighted by Crippen LogP contribution is -2.24. The van der Waals surface area contributed by atoms with Gasteiger partial charge >= 0.3 is 17.9 Å². The van der Waals surface area contributed by atoms with Crippen LogP contribution >= 0.6 is 0 Å². The molecule has 0 saturated carbocycles. The van der Waals surface area contributed by atoms with Crippen molar-refractivity contribution >= 4 is 17.9 Å². The quantitative estimate of drug-likeness (QED) is 0.409. The first-order chi connectivity index (χ1) is 15.4. The number of hydrogen-bond donors (Lipinski definition) is 0. The third-order valence-electron chi connectivity index (χ3n) is 4.63. The molecule has 166 valence electrons. The van der Waals surface area contributed by atoms with Crippen molar-refractivity contribution in [1.29, 1.82) is 0 Å². The van der Waals surface area contributed by atoms with Crippen LogP contribution in [0.4, 0.5) is 0 Å². The van der Waals surface area contributed by atoms with Gasteiger partial charge in [-0.25, -0.2) is 19.1 Å². The molecule has 0 aliphatic heterocycles. The highest BCUT2D eigenvalue weighted by molar-refractivity contribution is 6.06. The topological polar surface area (TPSA) is 106 Å². The monoisotopic (exact) mass is 438 g/mol. The molecule has 0 bridgehead atoms. The van der Waals surface area contributed by atoms with Crippen LogP contribution < -0.4 is 4.74 Å². The zero-order valence-corrected chi connectivity index (χ0v) is 18.0. The van der Waals surface area contributed by atoms with Crippen molar-refractivity contribution < 1.29 is 33.3 Å². The van der Waals surface area contributed by atoms with Crippen molar-refractivity contribution in [3.05, 3.63) is 65.9 Å². The fourth-order valence-corrected chi connectivity index (χ4v) is 3.07. The van der Waals surface area contributed by atoms with Gasteiger partial charge < -0.3 is 18.9 Å². The van der Waals surface area contributed by atoms with E-state index in [0.29, 0.717) is 17.0 Å². The van der Waals surface area contributed by atoms with Crippen LogP contribution in [0.1, 0.15) is 27.8 Å². The molecule has 3 aromatic rings. The van der Waals surface area contributed by atoms with E-state index in [1.165, 1.54) is 26.0 Å². The van der Waals surface area contributed by atoms with Gasteiger partial charge in [-0.3, -0.25) is 0 Å². The van der Waals surface area contributed by atoms with Gasteiger partial charge in [-0.1, -0.05) is 18.2 Å². The highest BCUT2D eigenvalue weighted by atomic mass is 16.6. The summed E-state index contributed by atoms with van der Waals surface area (Å²) in [4.78, 5) is 36.8. The number of para-hydroxylation sites is 1. The lowest BCUT2D eigenvalue weighted by atomic mass is 10.1. The second-order valence-electron chi connectivity index (χ2n) is 6.61. The largest absolute Gasteiger partial charge is 0.479 e. The van der Waals surface area contributed by atoms with E-state index in [4.69, 9.17) is 14.2 Å². The van der Waals surface area contributed by atoms with Crippen LogP contribution in [0.2, 0.25) is 0 Å². The Balaban J connectivity index is 2.11. The van der Waals surface area contributed by atoms with Crippen molar-refractivity contribution in [2.24, 2.45) is 0 Å². The summed E-state index contributed by atoms with van der Waals surface area (Å²) < 4.78 is 21.4. The van der Waals surface area contributed by atoms with Crippen LogP contribution in [0.25, 0.3) is 16.9 Å². The summed E-state index contributed by atoms with van der Waals surface area (Å²) in [5.74, 6) is -1.56. The minimum Gasteiger partial charge on any atom is -0.479 e. The second-order valence-corrected chi connectivity index (χ2v) is 6.61. The molecule has 1 unspecified atom stereocenters. The lowest BCUT2D eigenvalue weighted by Gasteiger charge is -2.12. The van der Waals surface area contributed by atoms with E-state index in [1.807, 2.05) is 6.07 Å². The van der Waals surface area contributed by atoms with Crippen molar-refractivity contribution in [2.45, 2.75) is 13.0 Å². The fourth-order valence-electron chi connectivity index (χ4n) is 3.07. The first-order valence-corrected chi connectivity index (χ1v) is 9.61. The zero-order chi connectivity index (χ0) is 23.3. The van der Waals surface area contributed by atoms with E-state index in [9.17, 15) is 14.4 Å². The maximum absolute atomic E-state index is 12.7. The molecule has 9 heteroatoms. The standard InChI is InChI=1S/C23H22N2O7/c1-14(21(26)29-2)32-17-12-10-15(11-13-17)19-18(22(27)30-3)20(23(28)31-4)25(24-19)16-8-6-5-7-9-16/h5-14H,1-4H3. The Bertz CT molecular complexity index is 1120. The average Bonchev–Trinajstić information content (AvgIpc) is 3.24. The molecule has 0 aliphatic rings. The van der Waals surface area contributed by atoms with Crippen molar-refractivity contribution in [3.63, 3.8) is 0 Å². The van der Waals surface area contributed by atoms with Crippen LogP contribution in [0.5, 0.6) is 5.75 Å². The smallest absolute Gasteiger partial charge is 0.357 e.